The number of hydrogen-bond donors (Lipinski definition) is 0. The van der Waals surface area contributed by atoms with Gasteiger partial charge in [0.2, 0.25) is 0 Å². The number of benzene rings is 2. The number of thioether (sulfide) groups is 1. The lowest BCUT2D eigenvalue weighted by Crippen LogP contribution is -2.25. The van der Waals surface area contributed by atoms with Gasteiger partial charge < -0.3 is 0 Å². The van der Waals surface area contributed by atoms with Crippen molar-refractivity contribution < 1.29 is 4.79 Å². The zero-order valence-corrected chi connectivity index (χ0v) is 13.1. The molecule has 3 heteroatoms. The van der Waals surface area contributed by atoms with Crippen LogP contribution >= 0.6 is 23.4 Å². The van der Waals surface area contributed by atoms with E-state index in [4.69, 9.17) is 11.6 Å². The van der Waals surface area contributed by atoms with E-state index < -0.39 is 0 Å². The van der Waals surface area contributed by atoms with Gasteiger partial charge in [0.15, 0.2) is 0 Å². The van der Waals surface area contributed by atoms with Crippen molar-refractivity contribution in [2.45, 2.75) is 35.3 Å². The van der Waals surface area contributed by atoms with Crippen molar-refractivity contribution >= 4 is 29.1 Å². The molecular formula is C18H15ClOS. The Morgan fingerprint density at radius 1 is 1.05 bits per heavy atom. The Hall–Kier alpha value is -1.25. The molecular weight excluding hydrogens is 300 g/mol. The number of carbonyl (C=O) groups excluding carboxylic acids is 1. The molecule has 106 valence electrons. The van der Waals surface area contributed by atoms with Gasteiger partial charge in [-0.3, -0.25) is 4.79 Å². The molecule has 1 fully saturated rings. The normalized spacial score (nSPS) is 23.8. The van der Waals surface area contributed by atoms with E-state index in [2.05, 4.69) is 30.3 Å². The Balaban J connectivity index is 1.74. The van der Waals surface area contributed by atoms with Crippen LogP contribution in [-0.4, -0.2) is 11.0 Å². The summed E-state index contributed by atoms with van der Waals surface area (Å²) in [7, 11) is 0. The summed E-state index contributed by atoms with van der Waals surface area (Å²) in [6.07, 6.45) is 2.93. The third-order valence-electron chi connectivity index (χ3n) is 4.46. The highest BCUT2D eigenvalue weighted by atomic mass is 35.5. The third kappa shape index (κ3) is 2.31. The van der Waals surface area contributed by atoms with Crippen LogP contribution in [0.3, 0.4) is 0 Å². The van der Waals surface area contributed by atoms with Crippen LogP contribution in [0.15, 0.2) is 47.4 Å². The number of fused-ring (bicyclic) bond motifs is 3. The quantitative estimate of drug-likeness (QED) is 0.708. The summed E-state index contributed by atoms with van der Waals surface area (Å²) >= 11 is 7.72. The van der Waals surface area contributed by atoms with Gasteiger partial charge in [0, 0.05) is 22.3 Å². The second kappa shape index (κ2) is 5.19. The van der Waals surface area contributed by atoms with E-state index in [-0.39, 0.29) is 5.25 Å². The minimum atomic E-state index is 0.161. The molecule has 21 heavy (non-hydrogen) atoms. The molecule has 0 unspecified atom stereocenters. The highest BCUT2D eigenvalue weighted by Gasteiger charge is 2.40. The number of ketones is 1. The summed E-state index contributed by atoms with van der Waals surface area (Å²) in [6, 6.07) is 14.5. The zero-order valence-electron chi connectivity index (χ0n) is 11.5. The van der Waals surface area contributed by atoms with Gasteiger partial charge in [0.1, 0.15) is 5.78 Å². The first-order chi connectivity index (χ1) is 10.2. The molecule has 4 rings (SSSR count). The van der Waals surface area contributed by atoms with Gasteiger partial charge in [-0.25, -0.2) is 0 Å². The number of rotatable bonds is 1. The summed E-state index contributed by atoms with van der Waals surface area (Å²) in [5, 5.41) is 0.919. The van der Waals surface area contributed by atoms with E-state index >= 15 is 0 Å². The van der Waals surface area contributed by atoms with E-state index in [0.717, 1.165) is 24.3 Å². The molecule has 0 amide bonds. The summed E-state index contributed by atoms with van der Waals surface area (Å²) in [5.41, 5.74) is 3.76. The van der Waals surface area contributed by atoms with Crippen LogP contribution in [0.4, 0.5) is 0 Å². The molecule has 2 atom stereocenters. The Morgan fingerprint density at radius 3 is 2.62 bits per heavy atom. The molecule has 1 heterocycles. The molecule has 1 aliphatic carbocycles. The summed E-state index contributed by atoms with van der Waals surface area (Å²) in [5.74, 6) is 0.846. The first-order valence-electron chi connectivity index (χ1n) is 7.31. The zero-order chi connectivity index (χ0) is 14.4. The molecule has 2 aromatic rings. The topological polar surface area (TPSA) is 17.1 Å². The van der Waals surface area contributed by atoms with Crippen molar-refractivity contribution in [1.29, 1.82) is 0 Å². The molecule has 2 aliphatic rings. The van der Waals surface area contributed by atoms with E-state index in [0.29, 0.717) is 11.7 Å². The average Bonchev–Trinajstić information content (AvgIpc) is 2.87. The number of halogens is 1. The Labute approximate surface area is 133 Å². The van der Waals surface area contributed by atoms with E-state index in [9.17, 15) is 4.79 Å². The second-order valence-electron chi connectivity index (χ2n) is 5.76. The molecule has 0 spiro atoms. The lowest BCUT2D eigenvalue weighted by atomic mass is 9.82. The molecule has 1 saturated carbocycles. The van der Waals surface area contributed by atoms with Crippen molar-refractivity contribution in [3.05, 3.63) is 53.1 Å². The maximum atomic E-state index is 12.1. The Morgan fingerprint density at radius 2 is 1.81 bits per heavy atom. The molecule has 0 radical (unpaired) electrons. The molecule has 0 aromatic heterocycles. The van der Waals surface area contributed by atoms with Crippen molar-refractivity contribution in [2.75, 3.05) is 0 Å². The summed E-state index contributed by atoms with van der Waals surface area (Å²) < 4.78 is 0. The van der Waals surface area contributed by atoms with E-state index in [1.807, 2.05) is 12.1 Å². The van der Waals surface area contributed by atoms with Crippen molar-refractivity contribution in [2.24, 2.45) is 0 Å². The van der Waals surface area contributed by atoms with Gasteiger partial charge in [-0.2, -0.15) is 0 Å². The lowest BCUT2D eigenvalue weighted by Gasteiger charge is -2.23. The smallest absolute Gasteiger partial charge is 0.146 e. The lowest BCUT2D eigenvalue weighted by molar-refractivity contribution is -0.120. The van der Waals surface area contributed by atoms with Gasteiger partial charge >= 0.3 is 0 Å². The van der Waals surface area contributed by atoms with Crippen LogP contribution in [0.1, 0.15) is 30.7 Å². The molecule has 0 bridgehead atoms. The molecule has 0 saturated heterocycles. The first-order valence-corrected chi connectivity index (χ1v) is 8.57. The molecule has 1 nitrogen and oxygen atoms in total. The van der Waals surface area contributed by atoms with Gasteiger partial charge in [-0.15, -0.1) is 11.8 Å². The number of carbonyl (C=O) groups is 1. The highest BCUT2D eigenvalue weighted by molar-refractivity contribution is 8.01. The second-order valence-corrected chi connectivity index (χ2v) is 7.38. The van der Waals surface area contributed by atoms with Gasteiger partial charge in [0.05, 0.1) is 5.25 Å². The monoisotopic (exact) mass is 314 g/mol. The summed E-state index contributed by atoms with van der Waals surface area (Å²) in [4.78, 5) is 13.4. The fraction of sp³-hybridized carbons (Fsp3) is 0.278. The molecule has 0 N–H and O–H groups in total. The van der Waals surface area contributed by atoms with E-state index in [1.165, 1.54) is 21.6 Å². The Kier molecular flexibility index (Phi) is 3.31. The number of Topliss-reactive ketones (excluding diaryl/α,β-unsaturated/α-hetero) is 1. The minimum absolute atomic E-state index is 0.161. The van der Waals surface area contributed by atoms with Crippen LogP contribution in [0.25, 0.3) is 11.1 Å². The maximum Gasteiger partial charge on any atom is 0.146 e. The fourth-order valence-corrected chi connectivity index (χ4v) is 4.97. The average molecular weight is 315 g/mol. The largest absolute Gasteiger partial charge is 0.298 e. The predicted octanol–water partition coefficient (Wildman–Crippen LogP) is 5.32. The van der Waals surface area contributed by atoms with Gasteiger partial charge in [-0.05, 0) is 53.8 Å². The van der Waals surface area contributed by atoms with Crippen molar-refractivity contribution in [3.63, 3.8) is 0 Å². The Bertz CT molecular complexity index is 708. The van der Waals surface area contributed by atoms with Crippen LogP contribution in [0.2, 0.25) is 5.02 Å². The first kappa shape index (κ1) is 13.4. The van der Waals surface area contributed by atoms with Crippen LogP contribution in [0, 0.1) is 0 Å². The third-order valence-corrected chi connectivity index (χ3v) is 6.18. The standard InChI is InChI=1S/C18H15ClOS/c19-13-7-4-11(5-8-13)12-6-9-17-15(10-12)14-2-1-3-16(20)18(14)21-17/h4-10,14,18H,1-3H2/t14-,18+/m0/s1. The molecule has 1 aliphatic heterocycles. The fourth-order valence-electron chi connectivity index (χ4n) is 3.38. The van der Waals surface area contributed by atoms with Gasteiger partial charge in [-0.1, -0.05) is 29.8 Å². The predicted molar refractivity (Wildman–Crippen MR) is 88.1 cm³/mol. The van der Waals surface area contributed by atoms with E-state index in [1.54, 1.807) is 11.8 Å². The maximum absolute atomic E-state index is 12.1. The minimum Gasteiger partial charge on any atom is -0.298 e. The van der Waals surface area contributed by atoms with Crippen LogP contribution in [0.5, 0.6) is 0 Å². The molecule has 2 aromatic carbocycles. The summed E-state index contributed by atoms with van der Waals surface area (Å²) in [6.45, 7) is 0. The van der Waals surface area contributed by atoms with Crippen LogP contribution in [-0.2, 0) is 4.79 Å². The van der Waals surface area contributed by atoms with Gasteiger partial charge in [0.25, 0.3) is 0 Å². The van der Waals surface area contributed by atoms with Crippen molar-refractivity contribution in [3.8, 4) is 11.1 Å². The highest BCUT2D eigenvalue weighted by Crippen LogP contribution is 2.51. The van der Waals surface area contributed by atoms with Crippen molar-refractivity contribution in [1.82, 2.24) is 0 Å². The van der Waals surface area contributed by atoms with Crippen LogP contribution < -0.4 is 0 Å². The number of hydrogen-bond acceptors (Lipinski definition) is 2. The SMILES string of the molecule is O=C1CCC[C@H]2c3cc(-c4ccc(Cl)cc4)ccc3S[C@@H]12.